The van der Waals surface area contributed by atoms with Gasteiger partial charge in [0.2, 0.25) is 0 Å². The summed E-state index contributed by atoms with van der Waals surface area (Å²) in [4.78, 5) is 37.6. The molecule has 0 aliphatic rings. The molecule has 67 heavy (non-hydrogen) atoms. The van der Waals surface area contributed by atoms with Gasteiger partial charge in [0.1, 0.15) is 17.5 Å². The largest absolute Gasteiger partial charge is 0.305 e. The van der Waals surface area contributed by atoms with Crippen LogP contribution in [-0.4, -0.2) is 44.9 Å². The van der Waals surface area contributed by atoms with Gasteiger partial charge in [0.25, 0.3) is 0 Å². The summed E-state index contributed by atoms with van der Waals surface area (Å²) in [6.45, 7) is -3.03. The number of hydrogen-bond acceptors (Lipinski definition) is 9. The van der Waals surface area contributed by atoms with Crippen molar-refractivity contribution in [1.29, 1.82) is 0 Å². The summed E-state index contributed by atoms with van der Waals surface area (Å²) in [5.74, 6) is 1.26. The van der Waals surface area contributed by atoms with E-state index in [-0.39, 0.29) is 57.2 Å². The molecule has 10 rings (SSSR count). The fourth-order valence-electron chi connectivity index (χ4n) is 5.94. The summed E-state index contributed by atoms with van der Waals surface area (Å²) >= 11 is 0. The first-order valence-electron chi connectivity index (χ1n) is 24.7. The van der Waals surface area contributed by atoms with Crippen LogP contribution in [0.25, 0.3) is 67.5 Å². The fourth-order valence-corrected chi connectivity index (χ4v) is 5.94. The average Bonchev–Trinajstić information content (AvgIpc) is 3.42. The van der Waals surface area contributed by atoms with Crippen molar-refractivity contribution in [3.8, 4) is 67.5 Å². The topological polar surface area (TPSA) is 116 Å². The summed E-state index contributed by atoms with van der Waals surface area (Å²) in [5.41, 5.74) is 9.88. The maximum absolute atomic E-state index is 7.47. The predicted octanol–water partition coefficient (Wildman–Crippen LogP) is 12.0. The van der Waals surface area contributed by atoms with Crippen LogP contribution in [0.15, 0.2) is 183 Å². The van der Waals surface area contributed by atoms with Gasteiger partial charge < -0.3 is 19.9 Å². The molecule has 0 amide bonds. The van der Waals surface area contributed by atoms with Gasteiger partial charge in [0.05, 0.1) is 0 Å². The third kappa shape index (κ3) is 15.5. The molecule has 0 saturated heterocycles. The Balaban J connectivity index is 0.000000188. The molecule has 9 nitrogen and oxygen atoms in total. The first kappa shape index (κ1) is 39.1. The number of pyridine rings is 4. The van der Waals surface area contributed by atoms with E-state index in [0.29, 0.717) is 17.2 Å². The van der Waals surface area contributed by atoms with Crippen molar-refractivity contribution in [2.24, 2.45) is 0 Å². The third-order valence-electron chi connectivity index (χ3n) is 9.11. The number of aryl methyl sites for hydroxylation is 5. The van der Waals surface area contributed by atoms with E-state index in [9.17, 15) is 0 Å². The maximum atomic E-state index is 7.47. The maximum Gasteiger partial charge on any atom is 0.162 e. The van der Waals surface area contributed by atoms with E-state index in [0.717, 1.165) is 62.0 Å². The molecule has 336 valence electrons. The SMILES string of the molecule is Cc1ncc(-c2ccnc(-c3[c-]cccc3)c2)cn1.[2H]C([2H])([2H])c1ccc(-c2[c-]cccc2)nc1.[2H]C([2H])([2H])c1ccc(-c2[c-]cccc2)nc1.[2H]C([2H])([2H])c1nc(C)nc(-c2ccnc(-c3[c-]cccc3)c2)n1.[Ir].[Ir]. The molecule has 11 heteroatoms. The Morgan fingerprint density at radius 3 is 1.24 bits per heavy atom. The van der Waals surface area contributed by atoms with Gasteiger partial charge in [0, 0.05) is 101 Å². The molecule has 0 N–H and O–H groups in total. The minimum atomic E-state index is -2.37. The summed E-state index contributed by atoms with van der Waals surface area (Å²) < 4.78 is 65.8. The molecular formula is C56H45Ir2N9-4. The minimum Gasteiger partial charge on any atom is -0.305 e. The minimum absolute atomic E-state index is 0. The van der Waals surface area contributed by atoms with E-state index < -0.39 is 20.6 Å². The standard InChI is InChI=1S/C16H13N4.C16H12N3.2C12H10N.2Ir/c1-11-18-12(2)20-16(19-11)14-8-9-17-15(10-14)13-6-4-3-5-7-13;1-12-18-10-15(11-19-12)14-7-8-17-16(9-14)13-5-3-2-4-6-13;2*1-10-7-8-12(13-9-10)11-5-3-2-4-6-11;;/h3-6,8-10H,1-2H3;2-5,7-11H,1H3;2*2-5,7-9H,1H3;;/q4*-1;;/i1D3;;2*1D3;;. The van der Waals surface area contributed by atoms with Gasteiger partial charge >= 0.3 is 0 Å². The second-order valence-corrected chi connectivity index (χ2v) is 13.9. The van der Waals surface area contributed by atoms with Crippen molar-refractivity contribution >= 4 is 0 Å². The van der Waals surface area contributed by atoms with Crippen molar-refractivity contribution in [3.63, 3.8) is 0 Å². The zero-order valence-electron chi connectivity index (χ0n) is 45.0. The summed E-state index contributed by atoms with van der Waals surface area (Å²) in [5, 5.41) is 0. The van der Waals surface area contributed by atoms with E-state index in [2.05, 4.69) is 69.1 Å². The average molecular weight is 1240 g/mol. The molecule has 0 bridgehead atoms. The Bertz CT molecular complexity index is 3250. The third-order valence-corrected chi connectivity index (χ3v) is 9.11. The zero-order valence-corrected chi connectivity index (χ0v) is 40.8. The second kappa shape index (κ2) is 26.1. The van der Waals surface area contributed by atoms with E-state index in [4.69, 9.17) is 12.3 Å². The van der Waals surface area contributed by atoms with Crippen LogP contribution in [0.3, 0.4) is 0 Å². The van der Waals surface area contributed by atoms with Gasteiger partial charge in [-0.15, -0.1) is 144 Å². The molecule has 0 fully saturated rings. The van der Waals surface area contributed by atoms with Crippen molar-refractivity contribution in [1.82, 2.24) is 44.9 Å². The molecule has 10 aromatic rings. The molecule has 4 aromatic carbocycles. The van der Waals surface area contributed by atoms with Crippen LogP contribution in [0.5, 0.6) is 0 Å². The first-order chi connectivity index (χ1) is 35.4. The zero-order chi connectivity index (χ0) is 52.7. The molecule has 6 heterocycles. The number of benzene rings is 4. The van der Waals surface area contributed by atoms with Crippen molar-refractivity contribution in [3.05, 3.63) is 236 Å². The normalized spacial score (nSPS) is 12.5. The van der Waals surface area contributed by atoms with Crippen molar-refractivity contribution in [2.45, 2.75) is 34.4 Å². The number of nitrogens with zero attached hydrogens (tertiary/aromatic N) is 9. The Morgan fingerprint density at radius 1 is 0.373 bits per heavy atom. The second-order valence-electron chi connectivity index (χ2n) is 13.9. The summed E-state index contributed by atoms with van der Waals surface area (Å²) in [7, 11) is 0. The number of hydrogen-bond donors (Lipinski definition) is 0. The molecule has 2 radical (unpaired) electrons. The molecule has 0 spiro atoms. The van der Waals surface area contributed by atoms with Crippen LogP contribution in [0.2, 0.25) is 0 Å². The van der Waals surface area contributed by atoms with E-state index in [1.807, 2.05) is 122 Å². The van der Waals surface area contributed by atoms with Crippen LogP contribution in [0.1, 0.15) is 40.9 Å². The van der Waals surface area contributed by atoms with Gasteiger partial charge in [0.15, 0.2) is 5.82 Å². The van der Waals surface area contributed by atoms with E-state index in [1.165, 1.54) is 12.4 Å². The fraction of sp³-hybridized carbons (Fsp3) is 0.0893. The van der Waals surface area contributed by atoms with Gasteiger partial charge in [-0.1, -0.05) is 36.4 Å². The van der Waals surface area contributed by atoms with Crippen LogP contribution in [0, 0.1) is 58.7 Å². The van der Waals surface area contributed by atoms with E-state index >= 15 is 0 Å². The van der Waals surface area contributed by atoms with Crippen molar-refractivity contribution in [2.75, 3.05) is 0 Å². The van der Waals surface area contributed by atoms with Crippen molar-refractivity contribution < 1.29 is 52.5 Å². The molecule has 0 unspecified atom stereocenters. The monoisotopic (exact) mass is 1240 g/mol. The number of rotatable bonds is 6. The molecular weight excluding hydrogens is 1180 g/mol. The molecule has 0 atom stereocenters. The Labute approximate surface area is 432 Å². The van der Waals surface area contributed by atoms with Crippen LogP contribution >= 0.6 is 0 Å². The molecule has 0 saturated carbocycles. The van der Waals surface area contributed by atoms with Crippen LogP contribution in [-0.2, 0) is 40.2 Å². The van der Waals surface area contributed by atoms with Gasteiger partial charge in [-0.25, -0.2) is 24.9 Å². The summed E-state index contributed by atoms with van der Waals surface area (Å²) in [6, 6.07) is 56.7. The molecule has 0 aliphatic carbocycles. The predicted molar refractivity (Wildman–Crippen MR) is 258 cm³/mol. The Morgan fingerprint density at radius 2 is 0.821 bits per heavy atom. The molecule has 0 aliphatic heterocycles. The van der Waals surface area contributed by atoms with Gasteiger partial charge in [-0.2, -0.15) is 0 Å². The first-order valence-corrected chi connectivity index (χ1v) is 20.2. The van der Waals surface area contributed by atoms with Gasteiger partial charge in [-0.05, 0) is 86.0 Å². The summed E-state index contributed by atoms with van der Waals surface area (Å²) in [6.07, 6.45) is 9.88. The van der Waals surface area contributed by atoms with E-state index in [1.54, 1.807) is 61.8 Å². The molecule has 6 aromatic heterocycles. The Kier molecular flexibility index (Phi) is 15.2. The van der Waals surface area contributed by atoms with Gasteiger partial charge in [-0.3, -0.25) is 0 Å². The quantitative estimate of drug-likeness (QED) is 0.150. The van der Waals surface area contributed by atoms with Crippen LogP contribution < -0.4 is 0 Å². The van der Waals surface area contributed by atoms with Crippen LogP contribution in [0.4, 0.5) is 0 Å². The Hall–Kier alpha value is -7.13. The number of aromatic nitrogens is 9. The smallest absolute Gasteiger partial charge is 0.162 e.